The fourth-order valence-corrected chi connectivity index (χ4v) is 3.41. The third-order valence-electron chi connectivity index (χ3n) is 4.11. The minimum Gasteiger partial charge on any atom is -0.341 e. The van der Waals surface area contributed by atoms with Gasteiger partial charge in [-0.05, 0) is 36.8 Å². The summed E-state index contributed by atoms with van der Waals surface area (Å²) in [6, 6.07) is 8.38. The highest BCUT2D eigenvalue weighted by Crippen LogP contribution is 2.33. The van der Waals surface area contributed by atoms with Crippen LogP contribution in [0, 0.1) is 0 Å². The molecule has 96 valence electrons. The predicted octanol–water partition coefficient (Wildman–Crippen LogP) is 2.95. The maximum Gasteiger partial charge on any atom is 0.230 e. The van der Waals surface area contributed by atoms with Crippen molar-refractivity contribution < 1.29 is 4.79 Å². The van der Waals surface area contributed by atoms with E-state index in [0.717, 1.165) is 38.8 Å². The summed E-state index contributed by atoms with van der Waals surface area (Å²) >= 11 is 6.10. The zero-order chi connectivity index (χ0) is 12.5. The zero-order valence-corrected chi connectivity index (χ0v) is 11.2. The molecule has 1 fully saturated rings. The molecule has 2 aliphatic rings. The van der Waals surface area contributed by atoms with E-state index >= 15 is 0 Å². The van der Waals surface area contributed by atoms with E-state index in [1.165, 1.54) is 11.1 Å². The summed E-state index contributed by atoms with van der Waals surface area (Å²) in [7, 11) is 0. The number of likely N-dealkylation sites (tertiary alicyclic amines) is 1. The number of nitrogens with zero attached hydrogens (tertiary/aromatic N) is 1. The number of benzene rings is 1. The Hall–Kier alpha value is -1.02. The third-order valence-corrected chi connectivity index (χ3v) is 4.47. The lowest BCUT2D eigenvalue weighted by Gasteiger charge is -2.28. The van der Waals surface area contributed by atoms with Crippen molar-refractivity contribution in [3.05, 3.63) is 35.4 Å². The number of rotatable bonds is 1. The third kappa shape index (κ3) is 2.14. The molecule has 0 aromatic heterocycles. The van der Waals surface area contributed by atoms with Gasteiger partial charge in [-0.3, -0.25) is 4.79 Å². The molecule has 3 heteroatoms. The Bertz CT molecular complexity index is 460. The molecule has 1 aliphatic heterocycles. The first-order valence-electron chi connectivity index (χ1n) is 6.76. The topological polar surface area (TPSA) is 20.3 Å². The van der Waals surface area contributed by atoms with E-state index in [2.05, 4.69) is 18.2 Å². The number of fused-ring (bicyclic) bond motifs is 1. The molecule has 18 heavy (non-hydrogen) atoms. The first kappa shape index (κ1) is 12.0. The molecule has 1 saturated heterocycles. The number of aryl methyl sites for hydroxylation is 1. The number of alkyl halides is 1. The van der Waals surface area contributed by atoms with Crippen molar-refractivity contribution >= 4 is 17.5 Å². The van der Waals surface area contributed by atoms with Crippen LogP contribution >= 0.6 is 11.6 Å². The molecule has 2 atom stereocenters. The van der Waals surface area contributed by atoms with Crippen molar-refractivity contribution in [2.24, 2.45) is 0 Å². The first-order chi connectivity index (χ1) is 8.75. The summed E-state index contributed by atoms with van der Waals surface area (Å²) in [4.78, 5) is 14.5. The highest BCUT2D eigenvalue weighted by Gasteiger charge is 2.33. The van der Waals surface area contributed by atoms with Crippen LogP contribution in [0.4, 0.5) is 0 Å². The highest BCUT2D eigenvalue weighted by atomic mass is 35.5. The van der Waals surface area contributed by atoms with Crippen molar-refractivity contribution in [1.82, 2.24) is 4.90 Å². The van der Waals surface area contributed by atoms with Crippen LogP contribution in [0.5, 0.6) is 0 Å². The summed E-state index contributed by atoms with van der Waals surface area (Å²) in [6.45, 7) is 1.55. The van der Waals surface area contributed by atoms with Crippen LogP contribution in [0.3, 0.4) is 0 Å². The van der Waals surface area contributed by atoms with E-state index in [-0.39, 0.29) is 17.2 Å². The zero-order valence-electron chi connectivity index (χ0n) is 10.4. The number of amides is 1. The maximum atomic E-state index is 12.6. The lowest BCUT2D eigenvalue weighted by Crippen LogP contribution is -2.34. The molecule has 0 bridgehead atoms. The Balaban J connectivity index is 1.83. The molecule has 3 rings (SSSR count). The van der Waals surface area contributed by atoms with Gasteiger partial charge >= 0.3 is 0 Å². The Kier molecular flexibility index (Phi) is 3.29. The van der Waals surface area contributed by atoms with Crippen LogP contribution < -0.4 is 0 Å². The monoisotopic (exact) mass is 263 g/mol. The summed E-state index contributed by atoms with van der Waals surface area (Å²) in [5, 5.41) is 0.146. The number of carbonyl (C=O) groups is 1. The first-order valence-corrected chi connectivity index (χ1v) is 7.20. The van der Waals surface area contributed by atoms with Gasteiger partial charge in [0.1, 0.15) is 0 Å². The molecule has 1 aliphatic carbocycles. The molecule has 2 unspecified atom stereocenters. The van der Waals surface area contributed by atoms with Crippen LogP contribution in [0.2, 0.25) is 0 Å². The minimum absolute atomic E-state index is 0.0666. The quantitative estimate of drug-likeness (QED) is 0.714. The van der Waals surface area contributed by atoms with Gasteiger partial charge in [-0.25, -0.2) is 0 Å². The smallest absolute Gasteiger partial charge is 0.230 e. The van der Waals surface area contributed by atoms with E-state index in [1.807, 2.05) is 11.0 Å². The lowest BCUT2D eigenvalue weighted by atomic mass is 9.82. The second-order valence-corrected chi connectivity index (χ2v) is 5.93. The molecule has 0 radical (unpaired) electrons. The summed E-state index contributed by atoms with van der Waals surface area (Å²) in [5.41, 5.74) is 2.59. The molecule has 0 spiro atoms. The van der Waals surface area contributed by atoms with Crippen molar-refractivity contribution in [2.75, 3.05) is 13.1 Å². The van der Waals surface area contributed by atoms with Crippen LogP contribution in [0.25, 0.3) is 0 Å². The van der Waals surface area contributed by atoms with Gasteiger partial charge in [0.05, 0.1) is 11.3 Å². The Morgan fingerprint density at radius 3 is 2.89 bits per heavy atom. The lowest BCUT2D eigenvalue weighted by molar-refractivity contribution is -0.132. The summed E-state index contributed by atoms with van der Waals surface area (Å²) in [5.74, 6) is 0.349. The van der Waals surface area contributed by atoms with E-state index < -0.39 is 0 Å². The van der Waals surface area contributed by atoms with E-state index in [1.54, 1.807) is 0 Å². The van der Waals surface area contributed by atoms with Crippen LogP contribution in [0.15, 0.2) is 24.3 Å². The van der Waals surface area contributed by atoms with Crippen molar-refractivity contribution in [1.29, 1.82) is 0 Å². The molecule has 1 heterocycles. The van der Waals surface area contributed by atoms with Gasteiger partial charge in [-0.1, -0.05) is 24.3 Å². The molecule has 2 nitrogen and oxygen atoms in total. The fraction of sp³-hybridized carbons (Fsp3) is 0.533. The number of hydrogen-bond donors (Lipinski definition) is 0. The number of carbonyl (C=O) groups excluding carboxylic acids is 1. The molecular formula is C15H18ClNO. The molecular weight excluding hydrogens is 246 g/mol. The van der Waals surface area contributed by atoms with E-state index in [0.29, 0.717) is 0 Å². The standard InChI is InChI=1S/C15H18ClNO/c16-12-8-9-17(10-12)15(18)14-7-3-5-11-4-1-2-6-13(11)14/h1-2,4,6,12,14H,3,5,7-10H2. The summed E-state index contributed by atoms with van der Waals surface area (Å²) in [6.07, 6.45) is 4.14. The van der Waals surface area contributed by atoms with Gasteiger partial charge in [-0.15, -0.1) is 11.6 Å². The number of hydrogen-bond acceptors (Lipinski definition) is 1. The van der Waals surface area contributed by atoms with Gasteiger partial charge in [0, 0.05) is 13.1 Å². The molecule has 1 amide bonds. The molecule has 0 N–H and O–H groups in total. The van der Waals surface area contributed by atoms with Crippen molar-refractivity contribution in [2.45, 2.75) is 37.0 Å². The molecule has 1 aromatic carbocycles. The number of halogens is 1. The second-order valence-electron chi connectivity index (χ2n) is 5.31. The largest absolute Gasteiger partial charge is 0.341 e. The summed E-state index contributed by atoms with van der Waals surface area (Å²) < 4.78 is 0. The van der Waals surface area contributed by atoms with Crippen molar-refractivity contribution in [3.63, 3.8) is 0 Å². The normalized spacial score (nSPS) is 27.1. The van der Waals surface area contributed by atoms with Crippen LogP contribution in [0.1, 0.15) is 36.3 Å². The van der Waals surface area contributed by atoms with Gasteiger partial charge in [0.25, 0.3) is 0 Å². The van der Waals surface area contributed by atoms with Gasteiger partial charge in [0.15, 0.2) is 0 Å². The molecule has 0 saturated carbocycles. The predicted molar refractivity (Wildman–Crippen MR) is 73.0 cm³/mol. The Labute approximate surface area is 113 Å². The Morgan fingerprint density at radius 2 is 2.11 bits per heavy atom. The van der Waals surface area contributed by atoms with Gasteiger partial charge in [0.2, 0.25) is 5.91 Å². The molecule has 1 aromatic rings. The fourth-order valence-electron chi connectivity index (χ4n) is 3.15. The second kappa shape index (κ2) is 4.93. The van der Waals surface area contributed by atoms with E-state index in [4.69, 9.17) is 11.6 Å². The highest BCUT2D eigenvalue weighted by molar-refractivity contribution is 6.21. The van der Waals surface area contributed by atoms with Crippen molar-refractivity contribution in [3.8, 4) is 0 Å². The minimum atomic E-state index is 0.0666. The average Bonchev–Trinajstić information content (AvgIpc) is 2.84. The SMILES string of the molecule is O=C(C1CCCc2ccccc21)N1CCC(Cl)C1. The van der Waals surface area contributed by atoms with E-state index in [9.17, 15) is 4.79 Å². The van der Waals surface area contributed by atoms with Crippen LogP contribution in [-0.2, 0) is 11.2 Å². The van der Waals surface area contributed by atoms with Gasteiger partial charge in [-0.2, -0.15) is 0 Å². The Morgan fingerprint density at radius 1 is 1.28 bits per heavy atom. The van der Waals surface area contributed by atoms with Gasteiger partial charge < -0.3 is 4.90 Å². The average molecular weight is 264 g/mol. The van der Waals surface area contributed by atoms with Crippen LogP contribution in [-0.4, -0.2) is 29.3 Å². The maximum absolute atomic E-state index is 12.6.